The molecule has 1 amide bonds. The van der Waals surface area contributed by atoms with Gasteiger partial charge < -0.3 is 16.2 Å². The number of aliphatic carboxylic acids is 1. The Morgan fingerprint density at radius 3 is 2.72 bits per heavy atom. The average molecular weight is 311 g/mol. The van der Waals surface area contributed by atoms with Crippen molar-refractivity contribution >= 4 is 33.5 Å². The zero-order chi connectivity index (χ0) is 13.7. The number of halogens is 1. The molecule has 1 unspecified atom stereocenters. The number of hydrogen-bond donors (Lipinski definition) is 3. The van der Waals surface area contributed by atoms with Gasteiger partial charge in [0.1, 0.15) is 6.04 Å². The topological polar surface area (TPSA) is 92.4 Å². The Morgan fingerprint density at radius 2 is 2.22 bits per heavy atom. The summed E-state index contributed by atoms with van der Waals surface area (Å²) < 4.78 is 0.672. The van der Waals surface area contributed by atoms with Gasteiger partial charge in [-0.15, -0.1) is 12.3 Å². The minimum Gasteiger partial charge on any atom is -0.480 e. The maximum Gasteiger partial charge on any atom is 0.327 e. The second kappa shape index (κ2) is 6.07. The highest BCUT2D eigenvalue weighted by molar-refractivity contribution is 9.10. The maximum atomic E-state index is 11.3. The van der Waals surface area contributed by atoms with Crippen molar-refractivity contribution in [2.45, 2.75) is 12.5 Å². The van der Waals surface area contributed by atoms with Crippen LogP contribution in [-0.4, -0.2) is 23.0 Å². The zero-order valence-electron chi connectivity index (χ0n) is 9.31. The number of terminal acetylenes is 1. The molecule has 4 N–H and O–H groups in total. The molecule has 0 saturated heterocycles. The van der Waals surface area contributed by atoms with E-state index in [1.54, 1.807) is 12.1 Å². The predicted molar refractivity (Wildman–Crippen MR) is 71.2 cm³/mol. The van der Waals surface area contributed by atoms with Gasteiger partial charge >= 0.3 is 5.97 Å². The molecule has 94 valence electrons. The Bertz CT molecular complexity index is 523. The molecule has 0 aliphatic rings. The van der Waals surface area contributed by atoms with Gasteiger partial charge in [-0.1, -0.05) is 15.9 Å². The van der Waals surface area contributed by atoms with Gasteiger partial charge in [0.2, 0.25) is 0 Å². The summed E-state index contributed by atoms with van der Waals surface area (Å²) in [6, 6.07) is 3.79. The van der Waals surface area contributed by atoms with Crippen LogP contribution in [0.1, 0.15) is 16.8 Å². The normalized spacial score (nSPS) is 11.3. The molecule has 0 fully saturated rings. The molecule has 1 rings (SSSR count). The molecule has 0 radical (unpaired) electrons. The van der Waals surface area contributed by atoms with Crippen molar-refractivity contribution in [3.05, 3.63) is 28.2 Å². The number of nitrogens with one attached hydrogen (secondary N) is 1. The van der Waals surface area contributed by atoms with Crippen molar-refractivity contribution < 1.29 is 14.7 Å². The number of carbonyl (C=O) groups is 2. The summed E-state index contributed by atoms with van der Waals surface area (Å²) in [5, 5.41) is 11.7. The number of carboxylic acids is 1. The number of rotatable bonds is 5. The fourth-order valence-electron chi connectivity index (χ4n) is 1.35. The fraction of sp³-hybridized carbons (Fsp3) is 0.167. The van der Waals surface area contributed by atoms with Crippen LogP contribution in [0.15, 0.2) is 22.7 Å². The van der Waals surface area contributed by atoms with Gasteiger partial charge in [-0.25, -0.2) is 4.79 Å². The van der Waals surface area contributed by atoms with Crippen LogP contribution in [0.25, 0.3) is 0 Å². The predicted octanol–water partition coefficient (Wildman–Crippen LogP) is 1.44. The van der Waals surface area contributed by atoms with Crippen molar-refractivity contribution in [2.75, 3.05) is 5.32 Å². The number of carbonyl (C=O) groups excluding carboxylic acids is 1. The van der Waals surface area contributed by atoms with Gasteiger partial charge in [0, 0.05) is 16.6 Å². The van der Waals surface area contributed by atoms with E-state index >= 15 is 0 Å². The molecule has 0 aliphatic heterocycles. The van der Waals surface area contributed by atoms with Crippen molar-refractivity contribution in [2.24, 2.45) is 5.73 Å². The van der Waals surface area contributed by atoms with Crippen LogP contribution in [0.5, 0.6) is 0 Å². The zero-order valence-corrected chi connectivity index (χ0v) is 10.9. The maximum absolute atomic E-state index is 11.3. The highest BCUT2D eigenvalue weighted by atomic mass is 79.9. The lowest BCUT2D eigenvalue weighted by molar-refractivity contribution is -0.137. The average Bonchev–Trinajstić information content (AvgIpc) is 2.30. The second-order valence-corrected chi connectivity index (χ2v) is 4.41. The molecule has 0 aromatic heterocycles. The molecule has 18 heavy (non-hydrogen) atoms. The molecular weight excluding hydrogens is 300 g/mol. The lowest BCUT2D eigenvalue weighted by Gasteiger charge is -2.15. The van der Waals surface area contributed by atoms with E-state index in [1.165, 1.54) is 6.07 Å². The van der Waals surface area contributed by atoms with Crippen molar-refractivity contribution in [3.8, 4) is 12.3 Å². The minimum atomic E-state index is -1.09. The molecule has 0 heterocycles. The van der Waals surface area contributed by atoms with Crippen molar-refractivity contribution in [1.82, 2.24) is 0 Å². The quantitative estimate of drug-likeness (QED) is 0.717. The smallest absolute Gasteiger partial charge is 0.327 e. The van der Waals surface area contributed by atoms with Crippen LogP contribution < -0.4 is 11.1 Å². The number of amides is 1. The fourth-order valence-corrected chi connectivity index (χ4v) is 1.71. The SMILES string of the molecule is C#CCC(Nc1ccc(Br)cc1C(N)=O)C(=O)O. The highest BCUT2D eigenvalue weighted by Gasteiger charge is 2.18. The van der Waals surface area contributed by atoms with Gasteiger partial charge in [0.05, 0.1) is 5.56 Å². The van der Waals surface area contributed by atoms with Crippen LogP contribution in [0.2, 0.25) is 0 Å². The highest BCUT2D eigenvalue weighted by Crippen LogP contribution is 2.21. The first-order chi connectivity index (χ1) is 8.45. The summed E-state index contributed by atoms with van der Waals surface area (Å²) in [5.41, 5.74) is 5.76. The van der Waals surface area contributed by atoms with E-state index < -0.39 is 17.9 Å². The second-order valence-electron chi connectivity index (χ2n) is 3.50. The van der Waals surface area contributed by atoms with Gasteiger partial charge in [-0.05, 0) is 18.2 Å². The third-order valence-corrected chi connectivity index (χ3v) is 2.69. The summed E-state index contributed by atoms with van der Waals surface area (Å²) >= 11 is 3.21. The Balaban J connectivity index is 3.06. The van der Waals surface area contributed by atoms with Crippen molar-refractivity contribution in [1.29, 1.82) is 0 Å². The van der Waals surface area contributed by atoms with E-state index in [2.05, 4.69) is 27.2 Å². The first kappa shape index (κ1) is 14.1. The lowest BCUT2D eigenvalue weighted by Crippen LogP contribution is -2.30. The van der Waals surface area contributed by atoms with Gasteiger partial charge in [0.25, 0.3) is 5.91 Å². The lowest BCUT2D eigenvalue weighted by atomic mass is 10.1. The number of carboxylic acid groups (broad SMARTS) is 1. The van der Waals surface area contributed by atoms with E-state index in [9.17, 15) is 9.59 Å². The Kier molecular flexibility index (Phi) is 4.75. The van der Waals surface area contributed by atoms with Gasteiger partial charge in [-0.2, -0.15) is 0 Å². The number of primary amides is 1. The van der Waals surface area contributed by atoms with Crippen LogP contribution in [0, 0.1) is 12.3 Å². The Labute approximate surface area is 112 Å². The summed E-state index contributed by atoms with van der Waals surface area (Å²) in [7, 11) is 0. The molecule has 1 aromatic carbocycles. The number of nitrogens with two attached hydrogens (primary N) is 1. The first-order valence-corrected chi connectivity index (χ1v) is 5.77. The van der Waals surface area contributed by atoms with E-state index in [1.807, 2.05) is 0 Å². The molecule has 0 spiro atoms. The van der Waals surface area contributed by atoms with Crippen molar-refractivity contribution in [3.63, 3.8) is 0 Å². The summed E-state index contributed by atoms with van der Waals surface area (Å²) in [5.74, 6) is 0.520. The Hall–Kier alpha value is -2.00. The molecule has 1 aromatic rings. The van der Waals surface area contributed by atoms with E-state index in [0.717, 1.165) is 0 Å². The number of anilines is 1. The molecule has 5 nitrogen and oxygen atoms in total. The molecule has 0 saturated carbocycles. The standard InChI is InChI=1S/C12H11BrN2O3/c1-2-3-10(12(17)18)15-9-5-4-7(13)6-8(9)11(14)16/h1,4-6,10,15H,3H2,(H2,14,16)(H,17,18). The Morgan fingerprint density at radius 1 is 1.56 bits per heavy atom. The molecule has 0 aliphatic carbocycles. The number of hydrogen-bond acceptors (Lipinski definition) is 3. The van der Waals surface area contributed by atoms with Gasteiger partial charge in [-0.3, -0.25) is 4.79 Å². The molecule has 6 heteroatoms. The van der Waals surface area contributed by atoms with E-state index in [-0.39, 0.29) is 12.0 Å². The van der Waals surface area contributed by atoms with Crippen LogP contribution >= 0.6 is 15.9 Å². The largest absolute Gasteiger partial charge is 0.480 e. The summed E-state index contributed by atoms with van der Waals surface area (Å²) in [6.07, 6.45) is 5.09. The summed E-state index contributed by atoms with van der Waals surface area (Å²) in [4.78, 5) is 22.2. The third-order valence-electron chi connectivity index (χ3n) is 2.20. The van der Waals surface area contributed by atoms with Crippen LogP contribution in [-0.2, 0) is 4.79 Å². The molecular formula is C12H11BrN2O3. The monoisotopic (exact) mass is 310 g/mol. The third kappa shape index (κ3) is 3.50. The number of benzene rings is 1. The van der Waals surface area contributed by atoms with Crippen LogP contribution in [0.4, 0.5) is 5.69 Å². The molecule has 1 atom stereocenters. The van der Waals surface area contributed by atoms with E-state index in [4.69, 9.17) is 17.3 Å². The van der Waals surface area contributed by atoms with Crippen LogP contribution in [0.3, 0.4) is 0 Å². The van der Waals surface area contributed by atoms with E-state index in [0.29, 0.717) is 10.2 Å². The first-order valence-electron chi connectivity index (χ1n) is 4.98. The van der Waals surface area contributed by atoms with Gasteiger partial charge in [0.15, 0.2) is 0 Å². The minimum absolute atomic E-state index is 0.00357. The summed E-state index contributed by atoms with van der Waals surface area (Å²) in [6.45, 7) is 0. The molecule has 0 bridgehead atoms.